The molecule has 1 fully saturated rings. The fraction of sp³-hybridized carbons (Fsp3) is 0.524. The second-order valence-electron chi connectivity index (χ2n) is 7.12. The van der Waals surface area contributed by atoms with E-state index in [2.05, 4.69) is 36.3 Å². The van der Waals surface area contributed by atoms with E-state index in [4.69, 9.17) is 4.42 Å². The number of carbonyl (C=O) groups excluding carboxylic acids is 1. The molecule has 1 aliphatic heterocycles. The van der Waals surface area contributed by atoms with Crippen LogP contribution in [0.4, 0.5) is 0 Å². The predicted octanol–water partition coefficient (Wildman–Crippen LogP) is 4.27. The van der Waals surface area contributed by atoms with Crippen molar-refractivity contribution in [1.29, 1.82) is 0 Å². The van der Waals surface area contributed by atoms with Crippen LogP contribution in [0.5, 0.6) is 0 Å². The molecule has 156 valence electrons. The maximum Gasteiger partial charge on any atom is 0.223 e. The molecule has 0 saturated carbocycles. The van der Waals surface area contributed by atoms with Crippen LogP contribution in [0.2, 0.25) is 0 Å². The van der Waals surface area contributed by atoms with Gasteiger partial charge in [0.2, 0.25) is 5.91 Å². The first-order valence-electron chi connectivity index (χ1n) is 9.66. The number of hydrogen-bond donors (Lipinski definition) is 1. The van der Waals surface area contributed by atoms with Gasteiger partial charge in [-0.25, -0.2) is 4.98 Å². The highest BCUT2D eigenvalue weighted by atomic mass is 35.5. The molecule has 0 radical (unpaired) electrons. The summed E-state index contributed by atoms with van der Waals surface area (Å²) in [6.45, 7) is 8.01. The molecular formula is C21H31Cl2N3O2. The molecule has 2 heterocycles. The Labute approximate surface area is 180 Å². The van der Waals surface area contributed by atoms with Gasteiger partial charge in [-0.2, -0.15) is 0 Å². The summed E-state index contributed by atoms with van der Waals surface area (Å²) >= 11 is 0. The highest BCUT2D eigenvalue weighted by Gasteiger charge is 2.22. The van der Waals surface area contributed by atoms with Gasteiger partial charge in [-0.05, 0) is 38.8 Å². The standard InChI is InChI=1S/C21H29N3O2.2ClH/c1-3-22-14-17-10-12-24(13-11-17)21(25)9-8-20-23-15-19(26-20)18-6-4-16(2)5-7-18;;/h4-7,15,17,22H,3,8-14H2,1-2H3;2*1H. The highest BCUT2D eigenvalue weighted by Crippen LogP contribution is 2.22. The Hall–Kier alpha value is -1.56. The van der Waals surface area contributed by atoms with Crippen molar-refractivity contribution in [2.24, 2.45) is 5.92 Å². The average Bonchev–Trinajstić information content (AvgIpc) is 3.14. The topological polar surface area (TPSA) is 58.4 Å². The van der Waals surface area contributed by atoms with E-state index in [1.165, 1.54) is 5.56 Å². The number of hydrogen-bond acceptors (Lipinski definition) is 4. The number of aromatic nitrogens is 1. The summed E-state index contributed by atoms with van der Waals surface area (Å²) in [5.41, 5.74) is 2.23. The van der Waals surface area contributed by atoms with E-state index in [1.54, 1.807) is 6.20 Å². The number of amides is 1. The van der Waals surface area contributed by atoms with Gasteiger partial charge in [-0.3, -0.25) is 4.79 Å². The van der Waals surface area contributed by atoms with Gasteiger partial charge in [0.1, 0.15) is 0 Å². The Morgan fingerprint density at radius 3 is 2.54 bits per heavy atom. The van der Waals surface area contributed by atoms with Crippen LogP contribution in [0.15, 0.2) is 34.9 Å². The number of nitrogens with one attached hydrogen (secondary N) is 1. The molecule has 1 N–H and O–H groups in total. The summed E-state index contributed by atoms with van der Waals surface area (Å²) in [7, 11) is 0. The molecule has 5 nitrogen and oxygen atoms in total. The maximum atomic E-state index is 12.4. The van der Waals surface area contributed by atoms with Crippen LogP contribution in [0.25, 0.3) is 11.3 Å². The number of rotatable bonds is 7. The second kappa shape index (κ2) is 12.1. The molecule has 0 spiro atoms. The molecule has 1 aliphatic rings. The first kappa shape index (κ1) is 24.5. The smallest absolute Gasteiger partial charge is 0.223 e. The molecule has 3 rings (SSSR count). The van der Waals surface area contributed by atoms with Gasteiger partial charge in [0.15, 0.2) is 11.7 Å². The molecule has 0 aliphatic carbocycles. The Bertz CT molecular complexity index is 711. The van der Waals surface area contributed by atoms with Crippen molar-refractivity contribution in [2.45, 2.75) is 39.5 Å². The van der Waals surface area contributed by atoms with Crippen LogP contribution >= 0.6 is 24.8 Å². The first-order valence-corrected chi connectivity index (χ1v) is 9.66. The lowest BCUT2D eigenvalue weighted by molar-refractivity contribution is -0.132. The largest absolute Gasteiger partial charge is 0.441 e. The number of nitrogens with zero attached hydrogens (tertiary/aromatic N) is 2. The molecule has 1 aromatic heterocycles. The molecule has 2 aromatic rings. The zero-order valence-electron chi connectivity index (χ0n) is 16.6. The van der Waals surface area contributed by atoms with E-state index in [9.17, 15) is 4.79 Å². The quantitative estimate of drug-likeness (QED) is 0.716. The van der Waals surface area contributed by atoms with Crippen LogP contribution in [-0.2, 0) is 11.2 Å². The van der Waals surface area contributed by atoms with E-state index < -0.39 is 0 Å². The Kier molecular flexibility index (Phi) is 10.6. The molecule has 28 heavy (non-hydrogen) atoms. The van der Waals surface area contributed by atoms with E-state index in [-0.39, 0.29) is 30.7 Å². The minimum Gasteiger partial charge on any atom is -0.441 e. The predicted molar refractivity (Wildman–Crippen MR) is 117 cm³/mol. The minimum atomic E-state index is 0. The Balaban J connectivity index is 0.00000196. The van der Waals surface area contributed by atoms with E-state index in [0.29, 0.717) is 24.7 Å². The van der Waals surface area contributed by atoms with Crippen molar-refractivity contribution in [3.8, 4) is 11.3 Å². The Morgan fingerprint density at radius 2 is 1.89 bits per heavy atom. The minimum absolute atomic E-state index is 0. The number of oxazole rings is 1. The number of piperidine rings is 1. The first-order chi connectivity index (χ1) is 12.7. The summed E-state index contributed by atoms with van der Waals surface area (Å²) < 4.78 is 5.82. The molecule has 0 unspecified atom stereocenters. The zero-order chi connectivity index (χ0) is 18.4. The highest BCUT2D eigenvalue weighted by molar-refractivity contribution is 5.85. The molecule has 1 amide bonds. The number of aryl methyl sites for hydroxylation is 2. The van der Waals surface area contributed by atoms with Crippen molar-refractivity contribution in [1.82, 2.24) is 15.2 Å². The van der Waals surface area contributed by atoms with E-state index in [1.807, 2.05) is 17.0 Å². The SMILES string of the molecule is CCNCC1CCN(C(=O)CCc2ncc(-c3ccc(C)cc3)o2)CC1.Cl.Cl. The maximum absolute atomic E-state index is 12.4. The van der Waals surface area contributed by atoms with Gasteiger partial charge >= 0.3 is 0 Å². The third kappa shape index (κ3) is 6.80. The summed E-state index contributed by atoms with van der Waals surface area (Å²) in [5, 5.41) is 3.40. The van der Waals surface area contributed by atoms with Crippen molar-refractivity contribution in [3.05, 3.63) is 41.9 Å². The number of benzene rings is 1. The summed E-state index contributed by atoms with van der Waals surface area (Å²) in [6.07, 6.45) is 4.95. The van der Waals surface area contributed by atoms with Gasteiger partial charge in [-0.1, -0.05) is 36.8 Å². The average molecular weight is 428 g/mol. The van der Waals surface area contributed by atoms with Crippen molar-refractivity contribution < 1.29 is 9.21 Å². The fourth-order valence-corrected chi connectivity index (χ4v) is 3.38. The third-order valence-corrected chi connectivity index (χ3v) is 5.09. The molecular weight excluding hydrogens is 397 g/mol. The van der Waals surface area contributed by atoms with Crippen molar-refractivity contribution >= 4 is 30.7 Å². The molecule has 1 saturated heterocycles. The van der Waals surface area contributed by atoms with Crippen molar-refractivity contribution in [2.75, 3.05) is 26.2 Å². The summed E-state index contributed by atoms with van der Waals surface area (Å²) in [6, 6.07) is 8.17. The number of likely N-dealkylation sites (tertiary alicyclic amines) is 1. The van der Waals surface area contributed by atoms with Crippen LogP contribution in [0, 0.1) is 12.8 Å². The van der Waals surface area contributed by atoms with Gasteiger partial charge < -0.3 is 14.6 Å². The van der Waals surface area contributed by atoms with E-state index in [0.717, 1.165) is 50.3 Å². The van der Waals surface area contributed by atoms with Crippen molar-refractivity contribution in [3.63, 3.8) is 0 Å². The molecule has 0 atom stereocenters. The van der Waals surface area contributed by atoms with Gasteiger partial charge in [0, 0.05) is 31.5 Å². The van der Waals surface area contributed by atoms with Gasteiger partial charge in [-0.15, -0.1) is 24.8 Å². The molecule has 0 bridgehead atoms. The van der Waals surface area contributed by atoms with Crippen LogP contribution in [0.1, 0.15) is 37.6 Å². The lowest BCUT2D eigenvalue weighted by atomic mass is 9.96. The lowest BCUT2D eigenvalue weighted by Crippen LogP contribution is -2.40. The second-order valence-corrected chi connectivity index (χ2v) is 7.12. The molecule has 7 heteroatoms. The third-order valence-electron chi connectivity index (χ3n) is 5.09. The Morgan fingerprint density at radius 1 is 1.21 bits per heavy atom. The van der Waals surface area contributed by atoms with Crippen LogP contribution in [0.3, 0.4) is 0 Å². The number of halogens is 2. The van der Waals surface area contributed by atoms with Crippen LogP contribution in [-0.4, -0.2) is 42.0 Å². The fourth-order valence-electron chi connectivity index (χ4n) is 3.38. The monoisotopic (exact) mass is 427 g/mol. The normalized spacial score (nSPS) is 14.3. The van der Waals surface area contributed by atoms with Crippen LogP contribution < -0.4 is 5.32 Å². The summed E-state index contributed by atoms with van der Waals surface area (Å²) in [5.74, 6) is 2.30. The molecule has 1 aromatic carbocycles. The number of carbonyl (C=O) groups is 1. The van der Waals surface area contributed by atoms with Gasteiger partial charge in [0.05, 0.1) is 6.20 Å². The summed E-state index contributed by atoms with van der Waals surface area (Å²) in [4.78, 5) is 18.8. The van der Waals surface area contributed by atoms with E-state index >= 15 is 0 Å². The van der Waals surface area contributed by atoms with Gasteiger partial charge in [0.25, 0.3) is 0 Å². The zero-order valence-corrected chi connectivity index (χ0v) is 18.3. The lowest BCUT2D eigenvalue weighted by Gasteiger charge is -2.32.